The number of urea groups is 1. The molecule has 1 saturated heterocycles. The summed E-state index contributed by atoms with van der Waals surface area (Å²) in [7, 11) is 0. The molecule has 1 unspecified atom stereocenters. The third-order valence-corrected chi connectivity index (χ3v) is 6.13. The number of aryl methyl sites for hydroxylation is 1. The maximum absolute atomic E-state index is 13.1. The van der Waals surface area contributed by atoms with Crippen molar-refractivity contribution in [1.29, 1.82) is 0 Å². The van der Waals surface area contributed by atoms with E-state index in [4.69, 9.17) is 0 Å². The Bertz CT molecular complexity index is 1130. The highest BCUT2D eigenvalue weighted by Crippen LogP contribution is 2.32. The van der Waals surface area contributed by atoms with E-state index in [-0.39, 0.29) is 6.54 Å². The first kappa shape index (κ1) is 20.7. The molecule has 1 aromatic heterocycles. The largest absolute Gasteiger partial charge is 0.325 e. The molecule has 4 amide bonds. The fraction of sp³-hybridized carbons (Fsp3) is 0.217. The summed E-state index contributed by atoms with van der Waals surface area (Å²) in [5.41, 5.74) is 2.40. The number of aromatic nitrogens is 1. The van der Waals surface area contributed by atoms with Crippen molar-refractivity contribution in [2.75, 3.05) is 11.9 Å². The molecule has 2 heterocycles. The second-order valence-electron chi connectivity index (χ2n) is 7.40. The first-order valence-corrected chi connectivity index (χ1v) is 10.8. The number of rotatable bonds is 6. The van der Waals surface area contributed by atoms with Crippen LogP contribution in [0.4, 0.5) is 9.93 Å². The molecule has 1 fully saturated rings. The van der Waals surface area contributed by atoms with Crippen molar-refractivity contribution >= 4 is 34.3 Å². The van der Waals surface area contributed by atoms with Crippen molar-refractivity contribution in [3.05, 3.63) is 71.1 Å². The maximum Gasteiger partial charge on any atom is 0.325 e. The Hall–Kier alpha value is -3.52. The van der Waals surface area contributed by atoms with Gasteiger partial charge in [0.2, 0.25) is 5.91 Å². The van der Waals surface area contributed by atoms with Gasteiger partial charge in [-0.15, -0.1) is 11.3 Å². The lowest BCUT2D eigenvalue weighted by molar-refractivity contribution is -0.134. The topological polar surface area (TPSA) is 91.4 Å². The van der Waals surface area contributed by atoms with Gasteiger partial charge in [-0.1, -0.05) is 67.1 Å². The molecule has 0 aliphatic carbocycles. The number of anilines is 1. The van der Waals surface area contributed by atoms with Crippen LogP contribution in [-0.2, 0) is 15.1 Å². The molecule has 2 aromatic carbocycles. The predicted molar refractivity (Wildman–Crippen MR) is 120 cm³/mol. The Kier molecular flexibility index (Phi) is 5.56. The third kappa shape index (κ3) is 3.94. The smallest absolute Gasteiger partial charge is 0.319 e. The van der Waals surface area contributed by atoms with Crippen LogP contribution in [0, 0.1) is 6.92 Å². The van der Waals surface area contributed by atoms with E-state index in [2.05, 4.69) is 15.6 Å². The zero-order valence-electron chi connectivity index (χ0n) is 17.2. The van der Waals surface area contributed by atoms with Crippen molar-refractivity contribution in [3.63, 3.8) is 0 Å². The normalized spacial score (nSPS) is 18.2. The minimum Gasteiger partial charge on any atom is -0.319 e. The fourth-order valence-corrected chi connectivity index (χ4v) is 4.36. The summed E-state index contributed by atoms with van der Waals surface area (Å²) < 4.78 is 0. The first-order chi connectivity index (χ1) is 14.9. The molecule has 31 heavy (non-hydrogen) atoms. The van der Waals surface area contributed by atoms with Gasteiger partial charge in [-0.25, -0.2) is 9.78 Å². The molecule has 0 radical (unpaired) electrons. The highest BCUT2D eigenvalue weighted by molar-refractivity contribution is 7.14. The van der Waals surface area contributed by atoms with Crippen molar-refractivity contribution in [2.24, 2.45) is 0 Å². The molecule has 3 aromatic rings. The van der Waals surface area contributed by atoms with E-state index in [1.807, 2.05) is 61.7 Å². The van der Waals surface area contributed by atoms with E-state index in [9.17, 15) is 14.4 Å². The molecule has 7 nitrogen and oxygen atoms in total. The van der Waals surface area contributed by atoms with Crippen LogP contribution in [0.2, 0.25) is 0 Å². The molecular formula is C23H22N4O3S. The van der Waals surface area contributed by atoms with E-state index >= 15 is 0 Å². The Morgan fingerprint density at radius 3 is 2.52 bits per heavy atom. The molecule has 4 rings (SSSR count). The number of carbonyl (C=O) groups excluding carboxylic acids is 3. The Morgan fingerprint density at radius 1 is 1.13 bits per heavy atom. The Balaban J connectivity index is 1.46. The summed E-state index contributed by atoms with van der Waals surface area (Å²) in [4.78, 5) is 43.6. The second kappa shape index (κ2) is 8.31. The number of imide groups is 1. The van der Waals surface area contributed by atoms with Crippen LogP contribution in [0.25, 0.3) is 11.3 Å². The number of carbonyl (C=O) groups is 3. The molecule has 0 saturated carbocycles. The quantitative estimate of drug-likeness (QED) is 0.576. The second-order valence-corrected chi connectivity index (χ2v) is 8.26. The third-order valence-electron chi connectivity index (χ3n) is 5.37. The monoisotopic (exact) mass is 434 g/mol. The summed E-state index contributed by atoms with van der Waals surface area (Å²) >= 11 is 1.29. The number of nitrogens with zero attached hydrogens (tertiary/aromatic N) is 2. The summed E-state index contributed by atoms with van der Waals surface area (Å²) in [6, 6.07) is 16.4. The number of hydrogen-bond donors (Lipinski definition) is 2. The molecular weight excluding hydrogens is 412 g/mol. The van der Waals surface area contributed by atoms with Gasteiger partial charge in [-0.2, -0.15) is 0 Å². The highest BCUT2D eigenvalue weighted by Gasteiger charge is 2.51. The Morgan fingerprint density at radius 2 is 1.84 bits per heavy atom. The van der Waals surface area contributed by atoms with Crippen LogP contribution in [0.3, 0.4) is 0 Å². The molecule has 8 heteroatoms. The van der Waals surface area contributed by atoms with E-state index in [1.165, 1.54) is 11.3 Å². The SMILES string of the molecule is CCC1(c2ccccc2)NC(=O)N(CC(=O)Nc2nc(-c3ccc(C)cc3)cs2)C1=O. The summed E-state index contributed by atoms with van der Waals surface area (Å²) in [5.74, 6) is -0.908. The minimum absolute atomic E-state index is 0.376. The summed E-state index contributed by atoms with van der Waals surface area (Å²) in [6.07, 6.45) is 0.381. The molecule has 158 valence electrons. The van der Waals surface area contributed by atoms with Gasteiger partial charge in [-0.3, -0.25) is 14.5 Å². The number of benzene rings is 2. The van der Waals surface area contributed by atoms with E-state index in [0.717, 1.165) is 21.7 Å². The van der Waals surface area contributed by atoms with Crippen LogP contribution >= 0.6 is 11.3 Å². The fourth-order valence-electron chi connectivity index (χ4n) is 3.62. The van der Waals surface area contributed by atoms with Crippen LogP contribution in [0.15, 0.2) is 60.0 Å². The van der Waals surface area contributed by atoms with Crippen LogP contribution in [-0.4, -0.2) is 34.3 Å². The number of nitrogens with one attached hydrogen (secondary N) is 2. The molecule has 2 N–H and O–H groups in total. The van der Waals surface area contributed by atoms with E-state index in [1.54, 1.807) is 12.1 Å². The van der Waals surface area contributed by atoms with Crippen molar-refractivity contribution in [2.45, 2.75) is 25.8 Å². The minimum atomic E-state index is -1.15. The zero-order valence-corrected chi connectivity index (χ0v) is 18.0. The van der Waals surface area contributed by atoms with Gasteiger partial charge in [0.15, 0.2) is 5.13 Å². The summed E-state index contributed by atoms with van der Waals surface area (Å²) in [5, 5.41) is 7.74. The standard InChI is InChI=1S/C23H22N4O3S/c1-3-23(17-7-5-4-6-8-17)20(29)27(22(30)26-23)13-19(28)25-21-24-18(14-31-21)16-11-9-15(2)10-12-16/h4-12,14H,3,13H2,1-2H3,(H,26,30)(H,24,25,28). The number of thiazole rings is 1. The van der Waals surface area contributed by atoms with Crippen LogP contribution in [0.5, 0.6) is 0 Å². The van der Waals surface area contributed by atoms with Crippen LogP contribution in [0.1, 0.15) is 24.5 Å². The van der Waals surface area contributed by atoms with Gasteiger partial charge >= 0.3 is 6.03 Å². The van der Waals surface area contributed by atoms with Gasteiger partial charge in [0.05, 0.1) is 5.69 Å². The Labute approximate surface area is 184 Å². The van der Waals surface area contributed by atoms with Gasteiger partial charge < -0.3 is 10.6 Å². The number of amides is 4. The first-order valence-electron chi connectivity index (χ1n) is 9.95. The molecule has 1 atom stereocenters. The zero-order chi connectivity index (χ0) is 22.0. The lowest BCUT2D eigenvalue weighted by atomic mass is 9.87. The lowest BCUT2D eigenvalue weighted by Gasteiger charge is -2.25. The van der Waals surface area contributed by atoms with E-state index < -0.39 is 23.4 Å². The highest BCUT2D eigenvalue weighted by atomic mass is 32.1. The average molecular weight is 435 g/mol. The van der Waals surface area contributed by atoms with Gasteiger partial charge in [0.1, 0.15) is 12.1 Å². The van der Waals surface area contributed by atoms with Crippen molar-refractivity contribution in [1.82, 2.24) is 15.2 Å². The maximum atomic E-state index is 13.1. The van der Waals surface area contributed by atoms with Gasteiger partial charge in [0, 0.05) is 10.9 Å². The molecule has 0 spiro atoms. The van der Waals surface area contributed by atoms with Gasteiger partial charge in [-0.05, 0) is 18.9 Å². The predicted octanol–water partition coefficient (Wildman–Crippen LogP) is 3.91. The summed E-state index contributed by atoms with van der Waals surface area (Å²) in [6.45, 7) is 3.47. The van der Waals surface area contributed by atoms with Crippen LogP contribution < -0.4 is 10.6 Å². The van der Waals surface area contributed by atoms with Crippen molar-refractivity contribution < 1.29 is 14.4 Å². The molecule has 1 aliphatic heterocycles. The molecule has 1 aliphatic rings. The van der Waals surface area contributed by atoms with Crippen molar-refractivity contribution in [3.8, 4) is 11.3 Å². The lowest BCUT2D eigenvalue weighted by Crippen LogP contribution is -2.44. The molecule has 0 bridgehead atoms. The average Bonchev–Trinajstić information content (AvgIpc) is 3.33. The van der Waals surface area contributed by atoms with Gasteiger partial charge in [0.25, 0.3) is 5.91 Å². The number of hydrogen-bond acceptors (Lipinski definition) is 5. The van der Waals surface area contributed by atoms with E-state index in [0.29, 0.717) is 17.1 Å².